The van der Waals surface area contributed by atoms with Crippen molar-refractivity contribution in [3.63, 3.8) is 0 Å². The average Bonchev–Trinajstić information content (AvgIpc) is 2.77. The van der Waals surface area contributed by atoms with Gasteiger partial charge in [0.2, 0.25) is 0 Å². The Hall–Kier alpha value is -0.410. The van der Waals surface area contributed by atoms with Crippen molar-refractivity contribution in [1.82, 2.24) is 10.3 Å². The molecule has 2 rings (SSSR count). The topological polar surface area (TPSA) is 24.9 Å². The lowest BCUT2D eigenvalue weighted by Crippen LogP contribution is -2.27. The van der Waals surface area contributed by atoms with E-state index in [9.17, 15) is 0 Å². The van der Waals surface area contributed by atoms with Crippen molar-refractivity contribution in [2.45, 2.75) is 45.1 Å². The Morgan fingerprint density at radius 2 is 2.29 bits per heavy atom. The van der Waals surface area contributed by atoms with E-state index in [1.165, 1.54) is 30.7 Å². The van der Waals surface area contributed by atoms with Crippen molar-refractivity contribution in [2.75, 3.05) is 6.54 Å². The number of rotatable bonds is 4. The molecule has 14 heavy (non-hydrogen) atoms. The number of hydrogen-bond acceptors (Lipinski definition) is 3. The number of nitrogens with one attached hydrogen (secondary N) is 1. The molecule has 0 unspecified atom stereocenters. The van der Waals surface area contributed by atoms with Crippen molar-refractivity contribution in [1.29, 1.82) is 0 Å². The summed E-state index contributed by atoms with van der Waals surface area (Å²) in [6.45, 7) is 3.15. The first-order chi connectivity index (χ1) is 6.84. The zero-order valence-electron chi connectivity index (χ0n) is 8.75. The largest absolute Gasteiger partial charge is 0.314 e. The number of aromatic nitrogens is 1. The van der Waals surface area contributed by atoms with Crippen molar-refractivity contribution >= 4 is 11.3 Å². The molecule has 0 bridgehead atoms. The molecule has 1 aromatic rings. The van der Waals surface area contributed by atoms with E-state index in [0.29, 0.717) is 0 Å². The summed E-state index contributed by atoms with van der Waals surface area (Å²) < 4.78 is 0. The molecule has 1 aromatic heterocycles. The van der Waals surface area contributed by atoms with Crippen LogP contribution >= 0.6 is 11.3 Å². The van der Waals surface area contributed by atoms with E-state index in [0.717, 1.165) is 24.7 Å². The van der Waals surface area contributed by atoms with Gasteiger partial charge in [0.05, 0.1) is 5.01 Å². The fraction of sp³-hybridized carbons (Fsp3) is 0.727. The van der Waals surface area contributed by atoms with Crippen LogP contribution in [0.25, 0.3) is 0 Å². The third-order valence-electron chi connectivity index (χ3n) is 2.79. The van der Waals surface area contributed by atoms with Gasteiger partial charge in [-0.2, -0.15) is 0 Å². The summed E-state index contributed by atoms with van der Waals surface area (Å²) in [7, 11) is 0. The van der Waals surface area contributed by atoms with Crippen LogP contribution in [0.1, 0.15) is 36.4 Å². The van der Waals surface area contributed by atoms with Gasteiger partial charge >= 0.3 is 0 Å². The highest BCUT2D eigenvalue weighted by atomic mass is 32.1. The Morgan fingerprint density at radius 1 is 1.50 bits per heavy atom. The van der Waals surface area contributed by atoms with Crippen LogP contribution in [0.5, 0.6) is 0 Å². The molecular formula is C11H18N2S. The van der Waals surface area contributed by atoms with Gasteiger partial charge in [-0.05, 0) is 19.8 Å². The standard InChI is InChI=1S/C11H18N2S/c1-9-8-14-11(13-9)6-7-12-10-4-2-3-5-10/h8,10,12H,2-7H2,1H3. The third kappa shape index (κ3) is 2.79. The molecule has 1 saturated carbocycles. The minimum absolute atomic E-state index is 0.788. The normalized spacial score (nSPS) is 17.8. The quantitative estimate of drug-likeness (QED) is 0.826. The Balaban J connectivity index is 1.67. The zero-order valence-corrected chi connectivity index (χ0v) is 9.57. The molecule has 0 saturated heterocycles. The molecule has 78 valence electrons. The summed E-state index contributed by atoms with van der Waals surface area (Å²) in [6.07, 6.45) is 6.66. The van der Waals surface area contributed by atoms with Crippen LogP contribution in [0.4, 0.5) is 0 Å². The van der Waals surface area contributed by atoms with Crippen LogP contribution in [-0.4, -0.2) is 17.6 Å². The minimum atomic E-state index is 0.788. The highest BCUT2D eigenvalue weighted by molar-refractivity contribution is 7.09. The summed E-state index contributed by atoms with van der Waals surface area (Å²) >= 11 is 1.78. The summed E-state index contributed by atoms with van der Waals surface area (Å²) in [6, 6.07) is 0.788. The smallest absolute Gasteiger partial charge is 0.0940 e. The molecule has 1 heterocycles. The number of nitrogens with zero attached hydrogens (tertiary/aromatic N) is 1. The summed E-state index contributed by atoms with van der Waals surface area (Å²) in [5.74, 6) is 0. The first-order valence-electron chi connectivity index (χ1n) is 5.49. The van der Waals surface area contributed by atoms with Gasteiger partial charge in [-0.3, -0.25) is 0 Å². The SMILES string of the molecule is Cc1csc(CCNC2CCCC2)n1. The molecule has 0 aliphatic heterocycles. The predicted octanol–water partition coefficient (Wildman–Crippen LogP) is 2.53. The Morgan fingerprint density at radius 3 is 2.93 bits per heavy atom. The molecule has 1 N–H and O–H groups in total. The molecule has 0 amide bonds. The van der Waals surface area contributed by atoms with E-state index in [-0.39, 0.29) is 0 Å². The zero-order chi connectivity index (χ0) is 9.80. The van der Waals surface area contributed by atoms with Crippen LogP contribution in [0.3, 0.4) is 0 Å². The van der Waals surface area contributed by atoms with Crippen molar-refractivity contribution in [3.05, 3.63) is 16.1 Å². The maximum atomic E-state index is 4.45. The summed E-state index contributed by atoms with van der Waals surface area (Å²) in [5.41, 5.74) is 1.16. The molecule has 1 fully saturated rings. The second-order valence-electron chi connectivity index (χ2n) is 4.07. The maximum Gasteiger partial charge on any atom is 0.0940 e. The first-order valence-corrected chi connectivity index (χ1v) is 6.37. The average molecular weight is 210 g/mol. The highest BCUT2D eigenvalue weighted by Crippen LogP contribution is 2.17. The lowest BCUT2D eigenvalue weighted by molar-refractivity contribution is 0.527. The van der Waals surface area contributed by atoms with Gasteiger partial charge in [-0.1, -0.05) is 12.8 Å². The van der Waals surface area contributed by atoms with Crippen LogP contribution in [0.2, 0.25) is 0 Å². The van der Waals surface area contributed by atoms with Crippen LogP contribution in [-0.2, 0) is 6.42 Å². The van der Waals surface area contributed by atoms with Crippen molar-refractivity contribution in [3.8, 4) is 0 Å². The van der Waals surface area contributed by atoms with Gasteiger partial charge in [0, 0.05) is 30.1 Å². The Bertz CT molecular complexity index is 277. The van der Waals surface area contributed by atoms with E-state index in [4.69, 9.17) is 0 Å². The van der Waals surface area contributed by atoms with Gasteiger partial charge in [-0.15, -0.1) is 11.3 Å². The molecule has 0 spiro atoms. The van der Waals surface area contributed by atoms with Gasteiger partial charge in [0.15, 0.2) is 0 Å². The molecule has 3 heteroatoms. The number of thiazole rings is 1. The number of hydrogen-bond donors (Lipinski definition) is 1. The van der Waals surface area contributed by atoms with E-state index in [2.05, 4.69) is 22.6 Å². The lowest BCUT2D eigenvalue weighted by atomic mass is 10.2. The first kappa shape index (κ1) is 10.1. The predicted molar refractivity (Wildman–Crippen MR) is 60.8 cm³/mol. The summed E-state index contributed by atoms with van der Waals surface area (Å²) in [5, 5.41) is 7.01. The van der Waals surface area contributed by atoms with E-state index < -0.39 is 0 Å². The highest BCUT2D eigenvalue weighted by Gasteiger charge is 2.13. The Labute approximate surface area is 89.8 Å². The molecule has 2 nitrogen and oxygen atoms in total. The molecular weight excluding hydrogens is 192 g/mol. The minimum Gasteiger partial charge on any atom is -0.314 e. The third-order valence-corrected chi connectivity index (χ3v) is 3.82. The molecule has 0 aromatic carbocycles. The fourth-order valence-electron chi connectivity index (χ4n) is 2.03. The number of aryl methyl sites for hydroxylation is 1. The van der Waals surface area contributed by atoms with Gasteiger partial charge in [0.25, 0.3) is 0 Å². The van der Waals surface area contributed by atoms with Crippen LogP contribution in [0, 0.1) is 6.92 Å². The van der Waals surface area contributed by atoms with E-state index in [1.807, 2.05) is 0 Å². The van der Waals surface area contributed by atoms with Crippen LogP contribution < -0.4 is 5.32 Å². The van der Waals surface area contributed by atoms with Gasteiger partial charge in [-0.25, -0.2) is 4.98 Å². The summed E-state index contributed by atoms with van der Waals surface area (Å²) in [4.78, 5) is 4.45. The fourth-order valence-corrected chi connectivity index (χ4v) is 2.81. The second kappa shape index (κ2) is 4.89. The van der Waals surface area contributed by atoms with E-state index >= 15 is 0 Å². The second-order valence-corrected chi connectivity index (χ2v) is 5.01. The Kier molecular flexibility index (Phi) is 3.54. The van der Waals surface area contributed by atoms with Gasteiger partial charge < -0.3 is 5.32 Å². The monoisotopic (exact) mass is 210 g/mol. The lowest BCUT2D eigenvalue weighted by Gasteiger charge is -2.10. The molecule has 0 atom stereocenters. The van der Waals surface area contributed by atoms with Crippen molar-refractivity contribution in [2.24, 2.45) is 0 Å². The maximum absolute atomic E-state index is 4.45. The van der Waals surface area contributed by atoms with E-state index in [1.54, 1.807) is 11.3 Å². The van der Waals surface area contributed by atoms with Crippen LogP contribution in [0.15, 0.2) is 5.38 Å². The van der Waals surface area contributed by atoms with Gasteiger partial charge in [0.1, 0.15) is 0 Å². The molecule has 0 radical (unpaired) electrons. The molecule has 1 aliphatic carbocycles. The molecule has 1 aliphatic rings. The van der Waals surface area contributed by atoms with Crippen molar-refractivity contribution < 1.29 is 0 Å².